The van der Waals surface area contributed by atoms with Crippen LogP contribution in [-0.2, 0) is 24.4 Å². The topological polar surface area (TPSA) is 76.0 Å². The molecule has 2 atom stereocenters. The van der Waals surface area contributed by atoms with E-state index in [0.29, 0.717) is 49.5 Å². The number of fused-ring (bicyclic) bond motifs is 1. The number of hydrogen-bond acceptors (Lipinski definition) is 4. The third-order valence-corrected chi connectivity index (χ3v) is 5.66. The van der Waals surface area contributed by atoms with Gasteiger partial charge in [-0.2, -0.15) is 0 Å². The second-order valence-corrected chi connectivity index (χ2v) is 7.83. The number of hydrogen-bond donors (Lipinski definition) is 2. The Morgan fingerprint density at radius 1 is 0.871 bits per heavy atom. The number of aliphatic hydroxyl groups excluding tert-OH is 1. The van der Waals surface area contributed by atoms with Gasteiger partial charge in [-0.15, -0.1) is 0 Å². The molecule has 2 N–H and O–H groups in total. The number of carboxylic acids is 1. The Kier molecular flexibility index (Phi) is 6.53. The molecule has 1 aliphatic rings. The minimum atomic E-state index is -1.07. The molecule has 3 aromatic rings. The summed E-state index contributed by atoms with van der Waals surface area (Å²) < 4.78 is 12.2. The highest BCUT2D eigenvalue weighted by Crippen LogP contribution is 2.40. The van der Waals surface area contributed by atoms with Crippen LogP contribution in [0.15, 0.2) is 72.8 Å². The van der Waals surface area contributed by atoms with Crippen molar-refractivity contribution in [1.82, 2.24) is 0 Å². The van der Waals surface area contributed by atoms with Crippen molar-refractivity contribution in [2.45, 2.75) is 38.6 Å². The van der Waals surface area contributed by atoms with Gasteiger partial charge in [0.05, 0.1) is 12.0 Å². The molecular formula is C26H26O5. The van der Waals surface area contributed by atoms with Gasteiger partial charge in [0.15, 0.2) is 11.5 Å². The molecule has 5 nitrogen and oxygen atoms in total. The predicted molar refractivity (Wildman–Crippen MR) is 117 cm³/mol. The summed E-state index contributed by atoms with van der Waals surface area (Å²) in [5, 5.41) is 20.3. The average molecular weight is 418 g/mol. The number of carboxylic acid groups (broad SMARTS) is 1. The van der Waals surface area contributed by atoms with Crippen molar-refractivity contribution in [3.05, 3.63) is 95.1 Å². The third kappa shape index (κ3) is 5.06. The Morgan fingerprint density at radius 2 is 1.42 bits per heavy atom. The standard InChI is InChI=1S/C26H26O5/c27-25-21(26(28)29)13-7-12-20-14-23(30-16-18-8-3-1-4-9-18)24(15-22(20)25)31-17-19-10-5-2-6-11-19/h1-6,8-11,14-15,21,25,27H,7,12-13,16-17H2,(H,28,29). The molecule has 0 spiro atoms. The monoisotopic (exact) mass is 418 g/mol. The van der Waals surface area contributed by atoms with E-state index in [1.807, 2.05) is 66.7 Å². The van der Waals surface area contributed by atoms with Gasteiger partial charge in [0.2, 0.25) is 0 Å². The van der Waals surface area contributed by atoms with Crippen molar-refractivity contribution < 1.29 is 24.5 Å². The van der Waals surface area contributed by atoms with E-state index in [9.17, 15) is 15.0 Å². The molecule has 31 heavy (non-hydrogen) atoms. The third-order valence-electron chi connectivity index (χ3n) is 5.66. The van der Waals surface area contributed by atoms with E-state index in [1.165, 1.54) is 0 Å². The number of aryl methyl sites for hydroxylation is 1. The number of carbonyl (C=O) groups is 1. The zero-order valence-corrected chi connectivity index (χ0v) is 17.2. The summed E-state index contributed by atoms with van der Waals surface area (Å²) in [5.41, 5.74) is 3.57. The van der Waals surface area contributed by atoms with Gasteiger partial charge in [0.1, 0.15) is 13.2 Å². The van der Waals surface area contributed by atoms with Gasteiger partial charge in [0, 0.05) is 0 Å². The summed E-state index contributed by atoms with van der Waals surface area (Å²) in [4.78, 5) is 11.6. The number of aliphatic carboxylic acids is 1. The van der Waals surface area contributed by atoms with Gasteiger partial charge in [-0.3, -0.25) is 4.79 Å². The van der Waals surface area contributed by atoms with Crippen molar-refractivity contribution >= 4 is 5.97 Å². The quantitative estimate of drug-likeness (QED) is 0.533. The molecule has 5 heteroatoms. The zero-order valence-electron chi connectivity index (χ0n) is 17.2. The molecule has 0 saturated heterocycles. The van der Waals surface area contributed by atoms with E-state index >= 15 is 0 Å². The number of benzene rings is 3. The summed E-state index contributed by atoms with van der Waals surface area (Å²) >= 11 is 0. The molecule has 4 rings (SSSR count). The molecule has 1 aliphatic carbocycles. The summed E-state index contributed by atoms with van der Waals surface area (Å²) in [7, 11) is 0. The lowest BCUT2D eigenvalue weighted by Gasteiger charge is -2.21. The Hall–Kier alpha value is -3.31. The van der Waals surface area contributed by atoms with Gasteiger partial charge in [-0.05, 0) is 53.6 Å². The maximum atomic E-state index is 11.6. The van der Waals surface area contributed by atoms with Gasteiger partial charge in [0.25, 0.3) is 0 Å². The molecule has 0 fully saturated rings. The normalized spacial score (nSPS) is 18.0. The van der Waals surface area contributed by atoms with Crippen LogP contribution in [0.5, 0.6) is 11.5 Å². The molecule has 0 saturated carbocycles. The molecule has 3 aromatic carbocycles. The fourth-order valence-corrected chi connectivity index (χ4v) is 3.95. The summed E-state index contributed by atoms with van der Waals surface area (Å²) in [6.07, 6.45) is 0.753. The van der Waals surface area contributed by atoms with Crippen molar-refractivity contribution in [1.29, 1.82) is 0 Å². The second kappa shape index (κ2) is 9.67. The maximum absolute atomic E-state index is 11.6. The molecule has 0 heterocycles. The Labute approximate surface area is 181 Å². The van der Waals surface area contributed by atoms with Crippen LogP contribution in [0.2, 0.25) is 0 Å². The summed E-state index contributed by atoms with van der Waals surface area (Å²) in [6.45, 7) is 0.738. The largest absolute Gasteiger partial charge is 0.485 e. The van der Waals surface area contributed by atoms with Crippen LogP contribution in [0.1, 0.15) is 41.2 Å². The summed E-state index contributed by atoms with van der Waals surface area (Å²) in [5.74, 6) is -0.695. The Morgan fingerprint density at radius 3 is 1.97 bits per heavy atom. The fraction of sp³-hybridized carbons (Fsp3) is 0.269. The Bertz CT molecular complexity index is 1020. The van der Waals surface area contributed by atoms with E-state index < -0.39 is 18.0 Å². The highest BCUT2D eigenvalue weighted by Gasteiger charge is 2.32. The molecule has 0 aliphatic heterocycles. The predicted octanol–water partition coefficient (Wildman–Crippen LogP) is 4.92. The van der Waals surface area contributed by atoms with Crippen molar-refractivity contribution in [3.8, 4) is 11.5 Å². The lowest BCUT2D eigenvalue weighted by Crippen LogP contribution is -2.21. The first-order chi connectivity index (χ1) is 15.1. The first-order valence-corrected chi connectivity index (χ1v) is 10.5. The van der Waals surface area contributed by atoms with Gasteiger partial charge in [-0.25, -0.2) is 0 Å². The molecule has 0 bridgehead atoms. The van der Waals surface area contributed by atoms with Crippen molar-refractivity contribution in [2.75, 3.05) is 0 Å². The first kappa shape index (κ1) is 20.9. The van der Waals surface area contributed by atoms with E-state index in [-0.39, 0.29) is 0 Å². The Balaban J connectivity index is 1.64. The van der Waals surface area contributed by atoms with Crippen LogP contribution >= 0.6 is 0 Å². The van der Waals surface area contributed by atoms with Crippen LogP contribution < -0.4 is 9.47 Å². The number of rotatable bonds is 7. The van der Waals surface area contributed by atoms with Crippen LogP contribution in [0.3, 0.4) is 0 Å². The van der Waals surface area contributed by atoms with E-state index in [0.717, 1.165) is 16.7 Å². The second-order valence-electron chi connectivity index (χ2n) is 7.83. The van der Waals surface area contributed by atoms with Crippen LogP contribution in [0.25, 0.3) is 0 Å². The summed E-state index contributed by atoms with van der Waals surface area (Å²) in [6, 6.07) is 23.3. The minimum absolute atomic E-state index is 0.347. The van der Waals surface area contributed by atoms with E-state index in [2.05, 4.69) is 0 Å². The van der Waals surface area contributed by atoms with E-state index in [4.69, 9.17) is 9.47 Å². The molecule has 0 aromatic heterocycles. The fourth-order valence-electron chi connectivity index (χ4n) is 3.95. The van der Waals surface area contributed by atoms with Crippen molar-refractivity contribution in [2.24, 2.45) is 5.92 Å². The maximum Gasteiger partial charge on any atom is 0.309 e. The highest BCUT2D eigenvalue weighted by atomic mass is 16.5. The highest BCUT2D eigenvalue weighted by molar-refractivity contribution is 5.71. The first-order valence-electron chi connectivity index (χ1n) is 10.5. The average Bonchev–Trinajstić information content (AvgIpc) is 2.96. The van der Waals surface area contributed by atoms with E-state index in [1.54, 1.807) is 6.07 Å². The zero-order chi connectivity index (χ0) is 21.6. The molecule has 0 radical (unpaired) electrons. The molecule has 0 amide bonds. The number of aliphatic hydroxyl groups is 1. The number of ether oxygens (including phenoxy) is 2. The van der Waals surface area contributed by atoms with Crippen LogP contribution in [-0.4, -0.2) is 16.2 Å². The minimum Gasteiger partial charge on any atom is -0.485 e. The molecule has 2 unspecified atom stereocenters. The van der Waals surface area contributed by atoms with Crippen molar-refractivity contribution in [3.63, 3.8) is 0 Å². The van der Waals surface area contributed by atoms with Crippen LogP contribution in [0, 0.1) is 5.92 Å². The smallest absolute Gasteiger partial charge is 0.309 e. The van der Waals surface area contributed by atoms with Gasteiger partial charge in [-0.1, -0.05) is 60.7 Å². The van der Waals surface area contributed by atoms with Gasteiger partial charge >= 0.3 is 5.97 Å². The SMILES string of the molecule is O=C(O)C1CCCc2cc(OCc3ccccc3)c(OCc3ccccc3)cc2C1O. The van der Waals surface area contributed by atoms with Gasteiger partial charge < -0.3 is 19.7 Å². The lowest BCUT2D eigenvalue weighted by molar-refractivity contribution is -0.146. The van der Waals surface area contributed by atoms with Crippen LogP contribution in [0.4, 0.5) is 0 Å². The molecular weight excluding hydrogens is 392 g/mol. The lowest BCUT2D eigenvalue weighted by atomic mass is 9.93. The molecule has 160 valence electrons.